The first-order valence-corrected chi connectivity index (χ1v) is 11.7. The van der Waals surface area contributed by atoms with Crippen LogP contribution in [0.4, 0.5) is 5.13 Å². The van der Waals surface area contributed by atoms with Gasteiger partial charge in [-0.05, 0) is 31.0 Å². The number of thiazole rings is 1. The Morgan fingerprint density at radius 1 is 1.06 bits per heavy atom. The van der Waals surface area contributed by atoms with Gasteiger partial charge >= 0.3 is 5.97 Å². The SMILES string of the molecule is CCCCCON(C)Cc1ccccc1.Cc1nc(NC(=O)c2ccccc2)sc1C(=O)O. The van der Waals surface area contributed by atoms with Crippen molar-refractivity contribution in [2.75, 3.05) is 19.0 Å². The fourth-order valence-electron chi connectivity index (χ4n) is 2.87. The number of aromatic carboxylic acids is 1. The monoisotopic (exact) mass is 469 g/mol. The number of hydroxylamine groups is 2. The topological polar surface area (TPSA) is 91.8 Å². The molecule has 2 N–H and O–H groups in total. The fourth-order valence-corrected chi connectivity index (χ4v) is 3.67. The highest BCUT2D eigenvalue weighted by molar-refractivity contribution is 7.17. The summed E-state index contributed by atoms with van der Waals surface area (Å²) in [7, 11) is 1.99. The second-order valence-corrected chi connectivity index (χ2v) is 8.37. The molecule has 0 radical (unpaired) electrons. The van der Waals surface area contributed by atoms with E-state index < -0.39 is 5.97 Å². The number of carbonyl (C=O) groups excluding carboxylic acids is 1. The number of nitrogens with zero attached hydrogens (tertiary/aromatic N) is 2. The Balaban J connectivity index is 0.000000238. The van der Waals surface area contributed by atoms with Crippen molar-refractivity contribution < 1.29 is 19.5 Å². The number of carbonyl (C=O) groups is 2. The number of aromatic nitrogens is 1. The molecule has 0 saturated heterocycles. The molecule has 1 amide bonds. The molecule has 0 spiro atoms. The minimum absolute atomic E-state index is 0.137. The summed E-state index contributed by atoms with van der Waals surface area (Å²) < 4.78 is 0. The summed E-state index contributed by atoms with van der Waals surface area (Å²) in [5, 5.41) is 13.7. The van der Waals surface area contributed by atoms with Gasteiger partial charge in [0.05, 0.1) is 12.3 Å². The molecule has 3 aromatic rings. The number of nitrogens with one attached hydrogen (secondary N) is 1. The molecule has 2 aromatic carbocycles. The van der Waals surface area contributed by atoms with Crippen LogP contribution >= 0.6 is 11.3 Å². The molecule has 0 aliphatic carbocycles. The predicted molar refractivity (Wildman–Crippen MR) is 132 cm³/mol. The van der Waals surface area contributed by atoms with Crippen molar-refractivity contribution in [2.45, 2.75) is 39.7 Å². The van der Waals surface area contributed by atoms with E-state index in [1.165, 1.54) is 18.4 Å². The van der Waals surface area contributed by atoms with Gasteiger partial charge in [-0.3, -0.25) is 14.9 Å². The van der Waals surface area contributed by atoms with E-state index in [1.54, 1.807) is 31.2 Å². The highest BCUT2D eigenvalue weighted by Crippen LogP contribution is 2.22. The largest absolute Gasteiger partial charge is 0.477 e. The Morgan fingerprint density at radius 2 is 1.70 bits per heavy atom. The fraction of sp³-hybridized carbons (Fsp3) is 0.320. The molecule has 0 unspecified atom stereocenters. The van der Waals surface area contributed by atoms with Crippen LogP contribution in [0.25, 0.3) is 0 Å². The van der Waals surface area contributed by atoms with Crippen LogP contribution < -0.4 is 5.32 Å². The number of aryl methyl sites for hydroxylation is 1. The van der Waals surface area contributed by atoms with E-state index in [-0.39, 0.29) is 10.8 Å². The van der Waals surface area contributed by atoms with Crippen molar-refractivity contribution in [2.24, 2.45) is 0 Å². The molecule has 0 saturated carbocycles. The number of carboxylic acids is 1. The summed E-state index contributed by atoms with van der Waals surface area (Å²) in [6.07, 6.45) is 3.64. The maximum atomic E-state index is 11.8. The minimum atomic E-state index is -1.04. The Bertz CT molecular complexity index is 993. The zero-order valence-electron chi connectivity index (χ0n) is 19.3. The quantitative estimate of drug-likeness (QED) is 0.295. The minimum Gasteiger partial charge on any atom is -0.477 e. The zero-order valence-corrected chi connectivity index (χ0v) is 20.1. The Morgan fingerprint density at radius 3 is 2.27 bits per heavy atom. The van der Waals surface area contributed by atoms with Crippen molar-refractivity contribution in [3.8, 4) is 0 Å². The Kier molecular flexibility index (Phi) is 11.2. The lowest BCUT2D eigenvalue weighted by Gasteiger charge is -2.16. The van der Waals surface area contributed by atoms with Crippen LogP contribution in [-0.2, 0) is 11.4 Å². The molecule has 1 heterocycles. The summed E-state index contributed by atoms with van der Waals surface area (Å²) >= 11 is 0.948. The number of benzene rings is 2. The number of rotatable bonds is 10. The third kappa shape index (κ3) is 9.53. The summed E-state index contributed by atoms with van der Waals surface area (Å²) in [4.78, 5) is 32.4. The number of anilines is 1. The molecule has 3 rings (SSSR count). The molecule has 0 fully saturated rings. The molecular weight excluding hydrogens is 438 g/mol. The third-order valence-electron chi connectivity index (χ3n) is 4.55. The molecular formula is C25H31N3O4S. The third-order valence-corrected chi connectivity index (χ3v) is 5.62. The lowest BCUT2D eigenvalue weighted by Crippen LogP contribution is -2.18. The molecule has 0 aliphatic heterocycles. The molecule has 33 heavy (non-hydrogen) atoms. The van der Waals surface area contributed by atoms with Crippen LogP contribution in [0.2, 0.25) is 0 Å². The van der Waals surface area contributed by atoms with Gasteiger partial charge in [-0.1, -0.05) is 79.6 Å². The summed E-state index contributed by atoms with van der Waals surface area (Å²) in [6.45, 7) is 5.48. The van der Waals surface area contributed by atoms with Gasteiger partial charge in [0.2, 0.25) is 0 Å². The van der Waals surface area contributed by atoms with Gasteiger partial charge in [0.15, 0.2) is 5.13 Å². The first-order chi connectivity index (χ1) is 15.9. The van der Waals surface area contributed by atoms with E-state index >= 15 is 0 Å². The van der Waals surface area contributed by atoms with Crippen LogP contribution in [0, 0.1) is 6.92 Å². The van der Waals surface area contributed by atoms with E-state index in [9.17, 15) is 9.59 Å². The average Bonchev–Trinajstić information content (AvgIpc) is 3.18. The van der Waals surface area contributed by atoms with E-state index in [4.69, 9.17) is 9.94 Å². The van der Waals surface area contributed by atoms with Crippen molar-refractivity contribution >= 4 is 28.3 Å². The summed E-state index contributed by atoms with van der Waals surface area (Å²) in [6, 6.07) is 19.0. The number of hydrogen-bond donors (Lipinski definition) is 2. The van der Waals surface area contributed by atoms with Gasteiger partial charge in [0.1, 0.15) is 4.88 Å². The first-order valence-electron chi connectivity index (χ1n) is 10.9. The van der Waals surface area contributed by atoms with Crippen LogP contribution in [0.1, 0.15) is 57.5 Å². The summed E-state index contributed by atoms with van der Waals surface area (Å²) in [5.74, 6) is -1.34. The van der Waals surface area contributed by atoms with Crippen molar-refractivity contribution in [1.29, 1.82) is 0 Å². The molecule has 0 atom stereocenters. The Hall–Kier alpha value is -3.07. The summed E-state index contributed by atoms with van der Waals surface area (Å²) in [5.41, 5.74) is 2.19. The van der Waals surface area contributed by atoms with Crippen molar-refractivity contribution in [3.63, 3.8) is 0 Å². The molecule has 176 valence electrons. The molecule has 8 heteroatoms. The molecule has 1 aromatic heterocycles. The van der Waals surface area contributed by atoms with E-state index in [1.807, 2.05) is 24.2 Å². The van der Waals surface area contributed by atoms with Crippen LogP contribution in [0.15, 0.2) is 60.7 Å². The van der Waals surface area contributed by atoms with Crippen LogP contribution in [-0.4, -0.2) is 40.7 Å². The highest BCUT2D eigenvalue weighted by atomic mass is 32.1. The van der Waals surface area contributed by atoms with E-state index in [0.29, 0.717) is 16.4 Å². The van der Waals surface area contributed by atoms with Gasteiger partial charge < -0.3 is 5.11 Å². The normalized spacial score (nSPS) is 10.4. The number of hydrogen-bond acceptors (Lipinski definition) is 6. The van der Waals surface area contributed by atoms with E-state index in [2.05, 4.69) is 41.5 Å². The second-order valence-electron chi connectivity index (χ2n) is 7.37. The number of carboxylic acid groups (broad SMARTS) is 1. The number of unbranched alkanes of at least 4 members (excludes halogenated alkanes) is 2. The van der Waals surface area contributed by atoms with Crippen LogP contribution in [0.5, 0.6) is 0 Å². The smallest absolute Gasteiger partial charge is 0.347 e. The first kappa shape index (κ1) is 26.2. The predicted octanol–water partition coefficient (Wildman–Crippen LogP) is 5.64. The standard InChI is InChI=1S/C13H21NO.C12H10N2O3S/c1-3-4-8-11-15-14(2)12-13-9-6-5-7-10-13;1-7-9(11(16)17)18-12(13-7)14-10(15)8-5-3-2-4-6-8/h5-7,9-10H,3-4,8,11-12H2,1-2H3;2-6H,1H3,(H,16,17)(H,13,14,15). The molecule has 0 bridgehead atoms. The van der Waals surface area contributed by atoms with Gasteiger partial charge in [-0.25, -0.2) is 9.78 Å². The van der Waals surface area contributed by atoms with Crippen LogP contribution in [0.3, 0.4) is 0 Å². The van der Waals surface area contributed by atoms with Gasteiger partial charge in [0.25, 0.3) is 5.91 Å². The van der Waals surface area contributed by atoms with Crippen molar-refractivity contribution in [1.82, 2.24) is 10.0 Å². The Labute approximate surface area is 199 Å². The highest BCUT2D eigenvalue weighted by Gasteiger charge is 2.15. The second kappa shape index (κ2) is 14.2. The number of amides is 1. The molecule has 7 nitrogen and oxygen atoms in total. The zero-order chi connectivity index (χ0) is 24.1. The van der Waals surface area contributed by atoms with Gasteiger partial charge in [-0.15, -0.1) is 0 Å². The maximum Gasteiger partial charge on any atom is 0.347 e. The van der Waals surface area contributed by atoms with Crippen molar-refractivity contribution in [3.05, 3.63) is 82.4 Å². The van der Waals surface area contributed by atoms with Gasteiger partial charge in [0, 0.05) is 19.2 Å². The lowest BCUT2D eigenvalue weighted by molar-refractivity contribution is -0.147. The van der Waals surface area contributed by atoms with E-state index in [0.717, 1.165) is 30.9 Å². The van der Waals surface area contributed by atoms with Gasteiger partial charge in [-0.2, -0.15) is 5.06 Å². The lowest BCUT2D eigenvalue weighted by atomic mass is 10.2. The molecule has 0 aliphatic rings. The average molecular weight is 470 g/mol. The maximum absolute atomic E-state index is 11.8.